The highest BCUT2D eigenvalue weighted by molar-refractivity contribution is 7.94. The second kappa shape index (κ2) is 5.50. The highest BCUT2D eigenvalue weighted by Gasteiger charge is 2.25. The summed E-state index contributed by atoms with van der Waals surface area (Å²) in [4.78, 5) is 10.9. The third-order valence-corrected chi connectivity index (χ3v) is 6.41. The molecular weight excluding hydrogens is 310 g/mol. The van der Waals surface area contributed by atoms with E-state index in [1.807, 2.05) is 26.0 Å². The molecule has 7 heteroatoms. The van der Waals surface area contributed by atoms with Crippen molar-refractivity contribution in [3.63, 3.8) is 0 Å². The zero-order valence-corrected chi connectivity index (χ0v) is 13.5. The number of hydrogen-bond donors (Lipinski definition) is 1. The number of hydrogen-bond acceptors (Lipinski definition) is 4. The number of benzene rings is 1. The van der Waals surface area contributed by atoms with Gasteiger partial charge >= 0.3 is 5.97 Å². The highest BCUT2D eigenvalue weighted by Crippen LogP contribution is 2.29. The van der Waals surface area contributed by atoms with Crippen LogP contribution in [0.15, 0.2) is 34.5 Å². The van der Waals surface area contributed by atoms with Crippen molar-refractivity contribution in [1.82, 2.24) is 0 Å². The van der Waals surface area contributed by atoms with Crippen LogP contribution in [-0.2, 0) is 10.0 Å². The molecule has 0 aliphatic rings. The van der Waals surface area contributed by atoms with Gasteiger partial charge in [0.15, 0.2) is 0 Å². The molecule has 1 N–H and O–H groups in total. The molecule has 2 rings (SSSR count). The van der Waals surface area contributed by atoms with E-state index in [0.29, 0.717) is 5.69 Å². The van der Waals surface area contributed by atoms with Gasteiger partial charge in [-0.15, -0.1) is 11.3 Å². The van der Waals surface area contributed by atoms with Crippen LogP contribution in [0.3, 0.4) is 0 Å². The van der Waals surface area contributed by atoms with Crippen molar-refractivity contribution in [3.8, 4) is 0 Å². The predicted octanol–water partition coefficient (Wildman–Crippen LogP) is 2.89. The van der Waals surface area contributed by atoms with Crippen LogP contribution < -0.4 is 4.31 Å². The van der Waals surface area contributed by atoms with Crippen molar-refractivity contribution < 1.29 is 18.3 Å². The molecule has 0 radical (unpaired) electrons. The summed E-state index contributed by atoms with van der Waals surface area (Å²) in [6, 6.07) is 8.11. The third-order valence-electron chi connectivity index (χ3n) is 3.10. The molecule has 1 aromatic carbocycles. The minimum Gasteiger partial charge on any atom is -0.477 e. The van der Waals surface area contributed by atoms with Crippen LogP contribution in [0.2, 0.25) is 0 Å². The number of anilines is 1. The van der Waals surface area contributed by atoms with Gasteiger partial charge in [-0.05, 0) is 37.6 Å². The Morgan fingerprint density at radius 2 is 1.86 bits per heavy atom. The summed E-state index contributed by atoms with van der Waals surface area (Å²) in [5, 5.41) is 8.90. The van der Waals surface area contributed by atoms with Crippen LogP contribution in [0.1, 0.15) is 20.8 Å². The maximum atomic E-state index is 12.5. The fourth-order valence-electron chi connectivity index (χ4n) is 2.00. The molecule has 5 nitrogen and oxygen atoms in total. The van der Waals surface area contributed by atoms with Crippen LogP contribution in [0.25, 0.3) is 0 Å². The number of rotatable bonds is 4. The Kier molecular flexibility index (Phi) is 4.06. The van der Waals surface area contributed by atoms with Gasteiger partial charge < -0.3 is 5.11 Å². The number of sulfonamides is 1. The Morgan fingerprint density at radius 1 is 1.19 bits per heavy atom. The van der Waals surface area contributed by atoms with Crippen LogP contribution in [0.4, 0.5) is 5.69 Å². The van der Waals surface area contributed by atoms with E-state index in [2.05, 4.69) is 0 Å². The number of nitrogens with zero attached hydrogens (tertiary/aromatic N) is 1. The Bertz CT molecular complexity index is 793. The van der Waals surface area contributed by atoms with Crippen molar-refractivity contribution in [3.05, 3.63) is 46.3 Å². The molecule has 0 saturated heterocycles. The molecule has 0 saturated carbocycles. The first kappa shape index (κ1) is 15.5. The Hall–Kier alpha value is -1.86. The van der Waals surface area contributed by atoms with Gasteiger partial charge in [-0.3, -0.25) is 4.31 Å². The van der Waals surface area contributed by atoms with Crippen molar-refractivity contribution in [2.75, 3.05) is 11.4 Å². The second-order valence-corrected chi connectivity index (χ2v) is 7.97. The topological polar surface area (TPSA) is 74.7 Å². The first-order valence-electron chi connectivity index (χ1n) is 6.13. The summed E-state index contributed by atoms with van der Waals surface area (Å²) in [5.74, 6) is -1.13. The molecule has 0 unspecified atom stereocenters. The summed E-state index contributed by atoms with van der Waals surface area (Å²) in [5.41, 5.74) is 2.47. The van der Waals surface area contributed by atoms with Gasteiger partial charge in [0.25, 0.3) is 10.0 Å². The SMILES string of the molecule is Cc1ccc(N(C)S(=O)(=O)c2ccc(C(=O)O)s2)c(C)c1. The number of aromatic carboxylic acids is 1. The van der Waals surface area contributed by atoms with Gasteiger partial charge in [0, 0.05) is 7.05 Å². The van der Waals surface area contributed by atoms with Crippen LogP contribution in [0.5, 0.6) is 0 Å². The van der Waals surface area contributed by atoms with Crippen molar-refractivity contribution in [1.29, 1.82) is 0 Å². The van der Waals surface area contributed by atoms with Crippen molar-refractivity contribution in [2.45, 2.75) is 18.1 Å². The molecule has 0 amide bonds. The molecule has 0 aliphatic heterocycles. The van der Waals surface area contributed by atoms with Gasteiger partial charge in [0.1, 0.15) is 9.09 Å². The van der Waals surface area contributed by atoms with E-state index in [4.69, 9.17) is 5.11 Å². The summed E-state index contributed by atoms with van der Waals surface area (Å²) in [7, 11) is -2.29. The number of carboxylic acids is 1. The minimum atomic E-state index is -3.75. The lowest BCUT2D eigenvalue weighted by atomic mass is 10.1. The van der Waals surface area contributed by atoms with Crippen molar-refractivity contribution in [2.24, 2.45) is 0 Å². The predicted molar refractivity (Wildman–Crippen MR) is 82.8 cm³/mol. The zero-order chi connectivity index (χ0) is 15.8. The fraction of sp³-hybridized carbons (Fsp3) is 0.214. The molecule has 0 fully saturated rings. The number of carbonyl (C=O) groups is 1. The summed E-state index contributed by atoms with van der Waals surface area (Å²) < 4.78 is 26.3. The summed E-state index contributed by atoms with van der Waals surface area (Å²) >= 11 is 0.751. The average molecular weight is 325 g/mol. The molecule has 1 aromatic heterocycles. The van der Waals surface area contributed by atoms with Crippen LogP contribution >= 0.6 is 11.3 Å². The quantitative estimate of drug-likeness (QED) is 0.938. The zero-order valence-electron chi connectivity index (χ0n) is 11.8. The Labute approximate surface area is 127 Å². The fourth-order valence-corrected chi connectivity index (χ4v) is 4.57. The molecule has 0 aliphatic carbocycles. The van der Waals surface area contributed by atoms with Crippen LogP contribution in [0, 0.1) is 13.8 Å². The molecule has 2 aromatic rings. The third kappa shape index (κ3) is 2.93. The molecule has 21 heavy (non-hydrogen) atoms. The van der Waals surface area contributed by atoms with E-state index in [1.165, 1.54) is 23.5 Å². The molecule has 1 heterocycles. The normalized spacial score (nSPS) is 11.4. The number of carboxylic acid groups (broad SMARTS) is 1. The maximum Gasteiger partial charge on any atom is 0.345 e. The van der Waals surface area contributed by atoms with Gasteiger partial charge in [-0.25, -0.2) is 13.2 Å². The Balaban J connectivity index is 2.44. The van der Waals surface area contributed by atoms with E-state index in [1.54, 1.807) is 6.07 Å². The van der Waals surface area contributed by atoms with Gasteiger partial charge in [0.2, 0.25) is 0 Å². The molecule has 0 bridgehead atoms. The number of aryl methyl sites for hydroxylation is 2. The van der Waals surface area contributed by atoms with Gasteiger partial charge in [0.05, 0.1) is 5.69 Å². The lowest BCUT2D eigenvalue weighted by Gasteiger charge is -2.20. The smallest absolute Gasteiger partial charge is 0.345 e. The highest BCUT2D eigenvalue weighted by atomic mass is 32.2. The van der Waals surface area contributed by atoms with E-state index >= 15 is 0 Å². The largest absolute Gasteiger partial charge is 0.477 e. The lowest BCUT2D eigenvalue weighted by molar-refractivity contribution is 0.0702. The molecule has 0 spiro atoms. The summed E-state index contributed by atoms with van der Waals surface area (Å²) in [6.45, 7) is 3.77. The van der Waals surface area contributed by atoms with E-state index in [9.17, 15) is 13.2 Å². The monoisotopic (exact) mass is 325 g/mol. The standard InChI is InChI=1S/C14H15NO4S2/c1-9-4-5-11(10(2)8-9)15(3)21(18,19)13-7-6-12(20-13)14(16)17/h4-8H,1-3H3,(H,16,17). The minimum absolute atomic E-state index is 0.00241. The first-order chi connectivity index (χ1) is 9.73. The summed E-state index contributed by atoms with van der Waals surface area (Å²) in [6.07, 6.45) is 0. The van der Waals surface area contributed by atoms with Crippen LogP contribution in [-0.4, -0.2) is 26.5 Å². The van der Waals surface area contributed by atoms with Crippen molar-refractivity contribution >= 4 is 33.0 Å². The lowest BCUT2D eigenvalue weighted by Crippen LogP contribution is -2.26. The molecular formula is C14H15NO4S2. The molecule has 0 atom stereocenters. The first-order valence-corrected chi connectivity index (χ1v) is 8.38. The maximum absolute atomic E-state index is 12.5. The van der Waals surface area contributed by atoms with E-state index in [-0.39, 0.29) is 9.09 Å². The number of thiophene rings is 1. The van der Waals surface area contributed by atoms with Gasteiger partial charge in [-0.1, -0.05) is 17.7 Å². The van der Waals surface area contributed by atoms with E-state index < -0.39 is 16.0 Å². The Morgan fingerprint density at radius 3 is 2.38 bits per heavy atom. The molecule has 112 valence electrons. The van der Waals surface area contributed by atoms with Gasteiger partial charge in [-0.2, -0.15) is 0 Å². The second-order valence-electron chi connectivity index (χ2n) is 4.69. The van der Waals surface area contributed by atoms with E-state index in [0.717, 1.165) is 22.5 Å². The average Bonchev–Trinajstić information content (AvgIpc) is 2.88.